The van der Waals surface area contributed by atoms with Crippen molar-refractivity contribution in [3.05, 3.63) is 0 Å². The second-order valence-electron chi connectivity index (χ2n) is 8.12. The van der Waals surface area contributed by atoms with Gasteiger partial charge in [-0.15, -0.1) is 11.8 Å². The smallest absolute Gasteiger partial charge is 0.306 e. The molecule has 1 aliphatic heterocycles. The molecule has 0 bridgehead atoms. The van der Waals surface area contributed by atoms with Gasteiger partial charge in [0, 0.05) is 12.8 Å². The van der Waals surface area contributed by atoms with Crippen LogP contribution in [0.5, 0.6) is 0 Å². The molecule has 1 saturated heterocycles. The fraction of sp³-hybridized carbons (Fsp3) is 0.955. The minimum absolute atomic E-state index is 0.00283. The van der Waals surface area contributed by atoms with Crippen LogP contribution >= 0.6 is 11.8 Å². The lowest BCUT2D eigenvalue weighted by Crippen LogP contribution is -2.49. The van der Waals surface area contributed by atoms with E-state index in [0.717, 1.165) is 12.8 Å². The molecule has 5 nitrogen and oxygen atoms in total. The Morgan fingerprint density at radius 3 is 1.96 bits per heavy atom. The third-order valence-electron chi connectivity index (χ3n) is 5.31. The SMILES string of the molecule is CCCCCCCCCCCCCCCC(=O)OC1CC(O)(O)COC1SC. The van der Waals surface area contributed by atoms with Gasteiger partial charge in [-0.1, -0.05) is 84.0 Å². The lowest BCUT2D eigenvalue weighted by atomic mass is 10.0. The Morgan fingerprint density at radius 1 is 0.964 bits per heavy atom. The van der Waals surface area contributed by atoms with Crippen LogP contribution in [0, 0.1) is 0 Å². The van der Waals surface area contributed by atoms with E-state index in [1.165, 1.54) is 82.4 Å². The predicted molar refractivity (Wildman–Crippen MR) is 115 cm³/mol. The molecule has 0 radical (unpaired) electrons. The van der Waals surface area contributed by atoms with Crippen LogP contribution in [0.4, 0.5) is 0 Å². The number of rotatable bonds is 16. The molecule has 0 amide bonds. The molecule has 2 atom stereocenters. The number of ether oxygens (including phenoxy) is 2. The number of aliphatic hydroxyl groups is 2. The summed E-state index contributed by atoms with van der Waals surface area (Å²) in [5, 5.41) is 19.4. The van der Waals surface area contributed by atoms with Crippen molar-refractivity contribution in [2.24, 2.45) is 0 Å². The highest BCUT2D eigenvalue weighted by atomic mass is 32.2. The van der Waals surface area contributed by atoms with Gasteiger partial charge in [-0.2, -0.15) is 0 Å². The first-order chi connectivity index (χ1) is 13.5. The summed E-state index contributed by atoms with van der Waals surface area (Å²) < 4.78 is 10.8. The van der Waals surface area contributed by atoms with Crippen LogP contribution in [0.3, 0.4) is 0 Å². The first-order valence-electron chi connectivity index (χ1n) is 11.3. The van der Waals surface area contributed by atoms with Gasteiger partial charge in [0.15, 0.2) is 5.79 Å². The molecule has 0 saturated carbocycles. The summed E-state index contributed by atoms with van der Waals surface area (Å²) in [6.07, 6.45) is 18.2. The van der Waals surface area contributed by atoms with Crippen molar-refractivity contribution in [3.8, 4) is 0 Å². The van der Waals surface area contributed by atoms with Gasteiger partial charge in [0.1, 0.15) is 18.1 Å². The van der Waals surface area contributed by atoms with Crippen molar-refractivity contribution in [1.82, 2.24) is 0 Å². The monoisotopic (exact) mass is 418 g/mol. The summed E-state index contributed by atoms with van der Waals surface area (Å²) in [4.78, 5) is 12.0. The molecule has 1 aliphatic rings. The molecule has 0 aliphatic carbocycles. The Bertz CT molecular complexity index is 402. The third kappa shape index (κ3) is 12.3. The Labute approximate surface area is 175 Å². The summed E-state index contributed by atoms with van der Waals surface area (Å²) >= 11 is 1.42. The van der Waals surface area contributed by atoms with Gasteiger partial charge in [-0.05, 0) is 12.7 Å². The van der Waals surface area contributed by atoms with Crippen LogP contribution in [0.1, 0.15) is 103 Å². The summed E-state index contributed by atoms with van der Waals surface area (Å²) in [5.41, 5.74) is -0.331. The zero-order valence-corrected chi connectivity index (χ0v) is 18.8. The van der Waals surface area contributed by atoms with Crippen molar-refractivity contribution < 1.29 is 24.5 Å². The van der Waals surface area contributed by atoms with Crippen LogP contribution in [0.2, 0.25) is 0 Å². The molecule has 0 aromatic rings. The molecule has 0 spiro atoms. The molecule has 166 valence electrons. The average Bonchev–Trinajstić information content (AvgIpc) is 2.65. The number of carbonyl (C=O) groups excluding carboxylic acids is 1. The summed E-state index contributed by atoms with van der Waals surface area (Å²) in [6.45, 7) is 2.11. The second-order valence-corrected chi connectivity index (χ2v) is 9.06. The van der Waals surface area contributed by atoms with Gasteiger partial charge >= 0.3 is 5.97 Å². The van der Waals surface area contributed by atoms with E-state index in [-0.39, 0.29) is 24.4 Å². The summed E-state index contributed by atoms with van der Waals surface area (Å²) in [5.74, 6) is -2.18. The van der Waals surface area contributed by atoms with E-state index >= 15 is 0 Å². The zero-order valence-electron chi connectivity index (χ0n) is 18.0. The normalized spacial score (nSPS) is 21.6. The molecule has 28 heavy (non-hydrogen) atoms. The van der Waals surface area contributed by atoms with Gasteiger partial charge in [-0.25, -0.2) is 0 Å². The van der Waals surface area contributed by atoms with Crippen LogP contribution in [0.25, 0.3) is 0 Å². The number of hydrogen-bond donors (Lipinski definition) is 2. The lowest BCUT2D eigenvalue weighted by molar-refractivity contribution is -0.254. The van der Waals surface area contributed by atoms with Gasteiger partial charge in [0.25, 0.3) is 0 Å². The molecule has 0 aromatic carbocycles. The molecule has 6 heteroatoms. The van der Waals surface area contributed by atoms with Gasteiger partial charge < -0.3 is 19.7 Å². The quantitative estimate of drug-likeness (QED) is 0.205. The number of thioether (sulfide) groups is 1. The minimum Gasteiger partial charge on any atom is -0.458 e. The number of hydrogen-bond acceptors (Lipinski definition) is 6. The van der Waals surface area contributed by atoms with Crippen LogP contribution in [0.15, 0.2) is 0 Å². The van der Waals surface area contributed by atoms with Crippen molar-refractivity contribution in [2.75, 3.05) is 12.9 Å². The molecule has 1 heterocycles. The maximum Gasteiger partial charge on any atom is 0.306 e. The lowest BCUT2D eigenvalue weighted by Gasteiger charge is -2.37. The topological polar surface area (TPSA) is 76.0 Å². The largest absolute Gasteiger partial charge is 0.458 e. The fourth-order valence-electron chi connectivity index (χ4n) is 3.63. The molecule has 1 fully saturated rings. The molecular formula is C22H42O5S. The highest BCUT2D eigenvalue weighted by Gasteiger charge is 2.41. The van der Waals surface area contributed by atoms with Crippen molar-refractivity contribution >= 4 is 17.7 Å². The standard InChI is InChI=1S/C22H42O5S/c1-3-4-5-6-7-8-9-10-11-12-13-14-15-16-20(23)27-19-17-22(24,25)18-26-21(19)28-2/h19,21,24-25H,3-18H2,1-2H3. The van der Waals surface area contributed by atoms with E-state index in [4.69, 9.17) is 9.47 Å². The van der Waals surface area contributed by atoms with Gasteiger partial charge in [0.05, 0.1) is 0 Å². The predicted octanol–water partition coefficient (Wildman–Crippen LogP) is 5.17. The zero-order chi connectivity index (χ0) is 20.7. The van der Waals surface area contributed by atoms with E-state index in [0.29, 0.717) is 6.42 Å². The molecular weight excluding hydrogens is 376 g/mol. The molecule has 2 N–H and O–H groups in total. The third-order valence-corrected chi connectivity index (χ3v) is 6.21. The second kappa shape index (κ2) is 15.5. The van der Waals surface area contributed by atoms with E-state index in [9.17, 15) is 15.0 Å². The van der Waals surface area contributed by atoms with Crippen molar-refractivity contribution in [1.29, 1.82) is 0 Å². The average molecular weight is 419 g/mol. The highest BCUT2D eigenvalue weighted by Crippen LogP contribution is 2.29. The van der Waals surface area contributed by atoms with Crippen molar-refractivity contribution in [3.63, 3.8) is 0 Å². The van der Waals surface area contributed by atoms with Gasteiger partial charge in [-0.3, -0.25) is 4.79 Å². The van der Waals surface area contributed by atoms with Crippen LogP contribution < -0.4 is 0 Å². The Balaban J connectivity index is 1.96. The molecule has 1 rings (SSSR count). The highest BCUT2D eigenvalue weighted by molar-refractivity contribution is 7.99. The van der Waals surface area contributed by atoms with E-state index < -0.39 is 11.9 Å². The fourth-order valence-corrected chi connectivity index (χ4v) is 4.29. The van der Waals surface area contributed by atoms with Crippen LogP contribution in [-0.2, 0) is 14.3 Å². The Kier molecular flexibility index (Phi) is 14.3. The Morgan fingerprint density at radius 2 is 1.46 bits per heavy atom. The number of unbranched alkanes of at least 4 members (excludes halogenated alkanes) is 12. The first-order valence-corrected chi connectivity index (χ1v) is 12.6. The molecule has 0 aromatic heterocycles. The van der Waals surface area contributed by atoms with E-state index in [1.807, 2.05) is 6.26 Å². The maximum atomic E-state index is 12.0. The van der Waals surface area contributed by atoms with E-state index in [2.05, 4.69) is 6.92 Å². The Hall–Kier alpha value is -0.300. The first kappa shape index (κ1) is 25.7. The number of esters is 1. The minimum atomic E-state index is -1.91. The molecule has 2 unspecified atom stereocenters. The summed E-state index contributed by atoms with van der Waals surface area (Å²) in [7, 11) is 0. The van der Waals surface area contributed by atoms with Crippen LogP contribution in [-0.4, -0.2) is 46.4 Å². The van der Waals surface area contributed by atoms with Crippen molar-refractivity contribution in [2.45, 2.75) is 121 Å². The summed E-state index contributed by atoms with van der Waals surface area (Å²) in [6, 6.07) is 0. The maximum absolute atomic E-state index is 12.0. The van der Waals surface area contributed by atoms with Gasteiger partial charge in [0.2, 0.25) is 0 Å². The number of carbonyl (C=O) groups is 1. The van der Waals surface area contributed by atoms with E-state index in [1.54, 1.807) is 0 Å².